The van der Waals surface area contributed by atoms with E-state index in [-0.39, 0.29) is 16.2 Å². The first-order valence-electron chi connectivity index (χ1n) is 9.12. The Labute approximate surface area is 150 Å². The molecule has 130 valence electrons. The molecule has 0 spiro atoms. The van der Waals surface area contributed by atoms with Gasteiger partial charge in [0.1, 0.15) is 5.82 Å². The van der Waals surface area contributed by atoms with Gasteiger partial charge in [0.25, 0.3) is 0 Å². The second kappa shape index (κ2) is 5.17. The normalized spacial score (nSPS) is 25.1. The van der Waals surface area contributed by atoms with E-state index in [1.54, 1.807) is 0 Å². The quantitative estimate of drug-likeness (QED) is 0.822. The van der Waals surface area contributed by atoms with Gasteiger partial charge in [-0.05, 0) is 31.7 Å². The smallest absolute Gasteiger partial charge is 0.160 e. The number of rotatable bonds is 4. The van der Waals surface area contributed by atoms with Gasteiger partial charge in [-0.2, -0.15) is 5.10 Å². The highest BCUT2D eigenvalue weighted by molar-refractivity contribution is 5.38. The lowest BCUT2D eigenvalue weighted by atomic mass is 9.72. The summed E-state index contributed by atoms with van der Waals surface area (Å²) in [6, 6.07) is 10.5. The van der Waals surface area contributed by atoms with Crippen LogP contribution in [-0.2, 0) is 17.9 Å². The van der Waals surface area contributed by atoms with Crippen LogP contribution in [0, 0.1) is 11.3 Å². The number of hydrogen-bond acceptors (Lipinski definition) is 2. The third-order valence-electron chi connectivity index (χ3n) is 6.45. The molecule has 1 fully saturated rings. The fourth-order valence-corrected chi connectivity index (χ4v) is 4.47. The minimum absolute atomic E-state index is 0.0499. The lowest BCUT2D eigenvalue weighted by Gasteiger charge is -2.33. The Kier molecular flexibility index (Phi) is 3.37. The Morgan fingerprint density at radius 1 is 1.08 bits per heavy atom. The summed E-state index contributed by atoms with van der Waals surface area (Å²) >= 11 is 0. The molecule has 1 heterocycles. The van der Waals surface area contributed by atoms with Crippen LogP contribution in [0.2, 0.25) is 0 Å². The fourth-order valence-electron chi connectivity index (χ4n) is 4.47. The van der Waals surface area contributed by atoms with E-state index in [0.717, 1.165) is 11.6 Å². The van der Waals surface area contributed by atoms with Gasteiger partial charge >= 0.3 is 0 Å². The zero-order valence-corrected chi connectivity index (χ0v) is 15.8. The summed E-state index contributed by atoms with van der Waals surface area (Å²) in [6.07, 6.45) is 10.3. The third kappa shape index (κ3) is 2.25. The Morgan fingerprint density at radius 3 is 2.48 bits per heavy atom. The van der Waals surface area contributed by atoms with E-state index in [2.05, 4.69) is 82.3 Å². The molecule has 2 aromatic rings. The van der Waals surface area contributed by atoms with Crippen LogP contribution in [-0.4, -0.2) is 14.8 Å². The Morgan fingerprint density at radius 2 is 1.80 bits per heavy atom. The van der Waals surface area contributed by atoms with Crippen molar-refractivity contribution in [3.63, 3.8) is 0 Å². The number of allylic oxidation sites excluding steroid dienone is 4. The van der Waals surface area contributed by atoms with Crippen LogP contribution in [0.25, 0.3) is 0 Å². The molecule has 4 rings (SSSR count). The van der Waals surface area contributed by atoms with Crippen molar-refractivity contribution >= 4 is 0 Å². The molecule has 2 aliphatic carbocycles. The lowest BCUT2D eigenvalue weighted by molar-refractivity contribution is 0.312. The van der Waals surface area contributed by atoms with Crippen LogP contribution < -0.4 is 0 Å². The van der Waals surface area contributed by atoms with E-state index < -0.39 is 0 Å². The summed E-state index contributed by atoms with van der Waals surface area (Å²) in [6.45, 7) is 9.05. The third-order valence-corrected chi connectivity index (χ3v) is 6.45. The van der Waals surface area contributed by atoms with E-state index in [9.17, 15) is 0 Å². The first kappa shape index (κ1) is 16.3. The van der Waals surface area contributed by atoms with Crippen molar-refractivity contribution in [3.8, 4) is 0 Å². The molecule has 1 aromatic carbocycles. The monoisotopic (exact) mass is 333 g/mol. The van der Waals surface area contributed by atoms with Crippen molar-refractivity contribution in [2.75, 3.05) is 0 Å². The zero-order chi connectivity index (χ0) is 17.9. The average Bonchev–Trinajstić information content (AvgIpc) is 3.24. The summed E-state index contributed by atoms with van der Waals surface area (Å²) in [5, 5.41) is 4.83. The molecule has 2 unspecified atom stereocenters. The predicted molar refractivity (Wildman–Crippen MR) is 101 cm³/mol. The SMILES string of the molecule is Cn1nc(C(C)(C)c2ccccc2)nc1C(C)(C)C12C=CC=CC1C2. The molecule has 0 saturated heterocycles. The summed E-state index contributed by atoms with van der Waals surface area (Å²) in [7, 11) is 2.03. The van der Waals surface area contributed by atoms with E-state index in [1.807, 2.05) is 11.7 Å². The molecule has 0 radical (unpaired) electrons. The topological polar surface area (TPSA) is 30.7 Å². The molecule has 3 nitrogen and oxygen atoms in total. The van der Waals surface area contributed by atoms with Crippen molar-refractivity contribution in [1.29, 1.82) is 0 Å². The van der Waals surface area contributed by atoms with Crippen molar-refractivity contribution in [2.24, 2.45) is 18.4 Å². The fraction of sp³-hybridized carbons (Fsp3) is 0.455. The zero-order valence-electron chi connectivity index (χ0n) is 15.8. The van der Waals surface area contributed by atoms with E-state index >= 15 is 0 Å². The first-order valence-corrected chi connectivity index (χ1v) is 9.12. The van der Waals surface area contributed by atoms with Crippen LogP contribution >= 0.6 is 0 Å². The van der Waals surface area contributed by atoms with Gasteiger partial charge in [0.15, 0.2) is 5.82 Å². The second-order valence-corrected chi connectivity index (χ2v) is 8.59. The van der Waals surface area contributed by atoms with Gasteiger partial charge in [-0.25, -0.2) is 4.98 Å². The van der Waals surface area contributed by atoms with Gasteiger partial charge in [-0.1, -0.05) is 68.5 Å². The minimum atomic E-state index is -0.212. The van der Waals surface area contributed by atoms with Gasteiger partial charge < -0.3 is 0 Å². The van der Waals surface area contributed by atoms with Gasteiger partial charge in [-0.15, -0.1) is 0 Å². The molecule has 2 aliphatic rings. The van der Waals surface area contributed by atoms with Crippen LogP contribution in [0.4, 0.5) is 0 Å². The van der Waals surface area contributed by atoms with Crippen molar-refractivity contribution in [3.05, 3.63) is 71.8 Å². The maximum absolute atomic E-state index is 5.07. The van der Waals surface area contributed by atoms with Crippen molar-refractivity contribution in [2.45, 2.75) is 44.9 Å². The number of benzene rings is 1. The molecule has 2 atom stereocenters. The largest absolute Gasteiger partial charge is 0.252 e. The van der Waals surface area contributed by atoms with Crippen LogP contribution in [0.1, 0.15) is 51.3 Å². The summed E-state index contributed by atoms with van der Waals surface area (Å²) in [4.78, 5) is 5.07. The van der Waals surface area contributed by atoms with E-state index in [0.29, 0.717) is 5.92 Å². The van der Waals surface area contributed by atoms with Crippen LogP contribution in [0.3, 0.4) is 0 Å². The predicted octanol–water partition coefficient (Wildman–Crippen LogP) is 4.55. The number of hydrogen-bond donors (Lipinski definition) is 0. The standard InChI is InChI=1S/C22H27N3/c1-20(2,16-11-7-6-8-12-16)18-23-19(25(5)24-18)21(3,4)22-14-10-9-13-17(22)15-22/h6-14,17H,15H2,1-5H3. The number of fused-ring (bicyclic) bond motifs is 1. The molecule has 0 bridgehead atoms. The summed E-state index contributed by atoms with van der Waals surface area (Å²) in [5.41, 5.74) is 1.17. The molecular formula is C22H27N3. The minimum Gasteiger partial charge on any atom is -0.252 e. The van der Waals surface area contributed by atoms with Crippen molar-refractivity contribution in [1.82, 2.24) is 14.8 Å². The molecule has 25 heavy (non-hydrogen) atoms. The first-order chi connectivity index (χ1) is 11.8. The highest BCUT2D eigenvalue weighted by Gasteiger charge is 2.62. The number of nitrogens with zero attached hydrogens (tertiary/aromatic N) is 3. The molecule has 3 heteroatoms. The van der Waals surface area contributed by atoms with Gasteiger partial charge in [-0.3, -0.25) is 4.68 Å². The Balaban J connectivity index is 1.74. The summed E-state index contributed by atoms with van der Waals surface area (Å²) in [5.74, 6) is 2.61. The van der Waals surface area contributed by atoms with Gasteiger partial charge in [0.2, 0.25) is 0 Å². The highest BCUT2D eigenvalue weighted by atomic mass is 15.3. The van der Waals surface area contributed by atoms with Crippen molar-refractivity contribution < 1.29 is 0 Å². The maximum atomic E-state index is 5.07. The molecule has 1 saturated carbocycles. The molecular weight excluding hydrogens is 306 g/mol. The second-order valence-electron chi connectivity index (χ2n) is 8.59. The molecule has 0 aliphatic heterocycles. The van der Waals surface area contributed by atoms with E-state index in [4.69, 9.17) is 10.1 Å². The molecule has 0 N–H and O–H groups in total. The lowest BCUT2D eigenvalue weighted by Crippen LogP contribution is -2.34. The molecule has 1 aromatic heterocycles. The van der Waals surface area contributed by atoms with E-state index in [1.165, 1.54) is 12.0 Å². The molecule has 0 amide bonds. The van der Waals surface area contributed by atoms with Gasteiger partial charge in [0.05, 0.1) is 5.41 Å². The highest BCUT2D eigenvalue weighted by Crippen LogP contribution is 2.66. The van der Waals surface area contributed by atoms with Crippen LogP contribution in [0.15, 0.2) is 54.6 Å². The Bertz CT molecular complexity index is 855. The number of aryl methyl sites for hydroxylation is 1. The van der Waals surface area contributed by atoms with Gasteiger partial charge in [0, 0.05) is 17.9 Å². The van der Waals surface area contributed by atoms with Crippen LogP contribution in [0.5, 0.6) is 0 Å². The Hall–Kier alpha value is -2.16. The number of aromatic nitrogens is 3. The summed E-state index contributed by atoms with van der Waals surface area (Å²) < 4.78 is 2.00. The average molecular weight is 333 g/mol. The maximum Gasteiger partial charge on any atom is 0.160 e.